The number of hydrogen-bond acceptors (Lipinski definition) is 2. The van der Waals surface area contributed by atoms with Gasteiger partial charge in [-0.1, -0.05) is 36.2 Å². The molecule has 0 bridgehead atoms. The first kappa shape index (κ1) is 14.1. The van der Waals surface area contributed by atoms with E-state index in [1.165, 1.54) is 17.5 Å². The Labute approximate surface area is 115 Å². The molecule has 0 heterocycles. The van der Waals surface area contributed by atoms with Gasteiger partial charge in [0, 0.05) is 19.0 Å². The molecule has 2 rings (SSSR count). The molecule has 1 aliphatic rings. The van der Waals surface area contributed by atoms with Gasteiger partial charge in [-0.05, 0) is 37.7 Å². The molecule has 0 aromatic heterocycles. The van der Waals surface area contributed by atoms with E-state index >= 15 is 0 Å². The normalized spacial score (nSPS) is 22.4. The first-order valence-electron chi connectivity index (χ1n) is 7.23. The summed E-state index contributed by atoms with van der Waals surface area (Å²) in [4.78, 5) is 11.8. The average molecular weight is 260 g/mol. The van der Waals surface area contributed by atoms with E-state index in [0.717, 1.165) is 25.8 Å². The number of nitrogens with two attached hydrogens (primary N) is 1. The largest absolute Gasteiger partial charge is 0.356 e. The highest BCUT2D eigenvalue weighted by Gasteiger charge is 2.23. The molecule has 3 heteroatoms. The summed E-state index contributed by atoms with van der Waals surface area (Å²) in [6.45, 7) is 2.82. The highest BCUT2D eigenvalue weighted by atomic mass is 16.1. The molecule has 1 saturated carbocycles. The third kappa shape index (κ3) is 4.35. The molecule has 0 radical (unpaired) electrons. The Hall–Kier alpha value is -1.35. The van der Waals surface area contributed by atoms with Crippen molar-refractivity contribution in [3.63, 3.8) is 0 Å². The van der Waals surface area contributed by atoms with Gasteiger partial charge < -0.3 is 11.1 Å². The number of carbonyl (C=O) groups is 1. The molecular weight excluding hydrogens is 236 g/mol. The summed E-state index contributed by atoms with van der Waals surface area (Å²) < 4.78 is 0. The SMILES string of the molecule is Cc1cccc(CCC(=O)NCC2CCCC2N)c1. The van der Waals surface area contributed by atoms with Gasteiger partial charge in [0.1, 0.15) is 0 Å². The van der Waals surface area contributed by atoms with E-state index in [-0.39, 0.29) is 11.9 Å². The minimum atomic E-state index is 0.139. The Morgan fingerprint density at radius 3 is 2.95 bits per heavy atom. The molecule has 0 aliphatic heterocycles. The van der Waals surface area contributed by atoms with Crippen LogP contribution in [0.15, 0.2) is 24.3 Å². The molecule has 0 saturated heterocycles. The third-order valence-electron chi connectivity index (χ3n) is 4.00. The Morgan fingerprint density at radius 1 is 1.42 bits per heavy atom. The van der Waals surface area contributed by atoms with Gasteiger partial charge in [0.15, 0.2) is 0 Å². The van der Waals surface area contributed by atoms with Crippen LogP contribution in [-0.2, 0) is 11.2 Å². The van der Waals surface area contributed by atoms with Crippen LogP contribution in [0.5, 0.6) is 0 Å². The van der Waals surface area contributed by atoms with E-state index in [2.05, 4.69) is 30.4 Å². The van der Waals surface area contributed by atoms with Crippen LogP contribution in [0.25, 0.3) is 0 Å². The van der Waals surface area contributed by atoms with Crippen molar-refractivity contribution < 1.29 is 4.79 Å². The first-order valence-corrected chi connectivity index (χ1v) is 7.23. The molecule has 19 heavy (non-hydrogen) atoms. The predicted molar refractivity (Wildman–Crippen MR) is 77.8 cm³/mol. The number of benzene rings is 1. The molecule has 1 amide bonds. The summed E-state index contributed by atoms with van der Waals surface area (Å²) in [5, 5.41) is 3.02. The van der Waals surface area contributed by atoms with Crippen LogP contribution < -0.4 is 11.1 Å². The van der Waals surface area contributed by atoms with Crippen molar-refractivity contribution >= 4 is 5.91 Å². The summed E-state index contributed by atoms with van der Waals surface area (Å²) >= 11 is 0. The summed E-state index contributed by atoms with van der Waals surface area (Å²) in [5.74, 6) is 0.614. The van der Waals surface area contributed by atoms with Crippen molar-refractivity contribution in [3.05, 3.63) is 35.4 Å². The molecule has 3 nitrogen and oxygen atoms in total. The second-order valence-electron chi connectivity index (χ2n) is 5.65. The lowest BCUT2D eigenvalue weighted by Crippen LogP contribution is -2.36. The van der Waals surface area contributed by atoms with Crippen molar-refractivity contribution in [3.8, 4) is 0 Å². The topological polar surface area (TPSA) is 55.1 Å². The fourth-order valence-corrected chi connectivity index (χ4v) is 2.78. The maximum Gasteiger partial charge on any atom is 0.220 e. The third-order valence-corrected chi connectivity index (χ3v) is 4.00. The maximum atomic E-state index is 11.8. The lowest BCUT2D eigenvalue weighted by molar-refractivity contribution is -0.121. The van der Waals surface area contributed by atoms with E-state index in [1.54, 1.807) is 0 Å². The van der Waals surface area contributed by atoms with Gasteiger partial charge >= 0.3 is 0 Å². The first-order chi connectivity index (χ1) is 9.15. The monoisotopic (exact) mass is 260 g/mol. The predicted octanol–water partition coefficient (Wildman–Crippen LogP) is 2.17. The standard InChI is InChI=1S/C16H24N2O/c1-12-4-2-5-13(10-12)8-9-16(19)18-11-14-6-3-7-15(14)17/h2,4-5,10,14-15H,3,6-9,11,17H2,1H3,(H,18,19). The van der Waals surface area contributed by atoms with Crippen molar-refractivity contribution in [1.29, 1.82) is 0 Å². The van der Waals surface area contributed by atoms with Gasteiger partial charge in [0.25, 0.3) is 0 Å². The summed E-state index contributed by atoms with van der Waals surface area (Å²) in [6.07, 6.45) is 4.82. The molecular formula is C16H24N2O. The smallest absolute Gasteiger partial charge is 0.220 e. The number of nitrogens with one attached hydrogen (secondary N) is 1. The van der Waals surface area contributed by atoms with E-state index in [9.17, 15) is 4.79 Å². The summed E-state index contributed by atoms with van der Waals surface area (Å²) in [7, 11) is 0. The molecule has 2 atom stereocenters. The quantitative estimate of drug-likeness (QED) is 0.852. The molecule has 1 fully saturated rings. The van der Waals surface area contributed by atoms with E-state index < -0.39 is 0 Å². The summed E-state index contributed by atoms with van der Waals surface area (Å²) in [6, 6.07) is 8.61. The molecule has 2 unspecified atom stereocenters. The molecule has 3 N–H and O–H groups in total. The van der Waals surface area contributed by atoms with Crippen LogP contribution in [0.2, 0.25) is 0 Å². The van der Waals surface area contributed by atoms with Gasteiger partial charge in [0.2, 0.25) is 5.91 Å². The Morgan fingerprint density at radius 2 is 2.26 bits per heavy atom. The van der Waals surface area contributed by atoms with Gasteiger partial charge in [-0.25, -0.2) is 0 Å². The van der Waals surface area contributed by atoms with Gasteiger partial charge in [0.05, 0.1) is 0 Å². The molecule has 104 valence electrons. The second kappa shape index (κ2) is 6.71. The number of aryl methyl sites for hydroxylation is 2. The minimum Gasteiger partial charge on any atom is -0.356 e. The highest BCUT2D eigenvalue weighted by molar-refractivity contribution is 5.76. The van der Waals surface area contributed by atoms with Crippen LogP contribution >= 0.6 is 0 Å². The maximum absolute atomic E-state index is 11.8. The lowest BCUT2D eigenvalue weighted by Gasteiger charge is -2.15. The van der Waals surface area contributed by atoms with E-state index in [4.69, 9.17) is 5.73 Å². The van der Waals surface area contributed by atoms with Crippen LogP contribution in [-0.4, -0.2) is 18.5 Å². The van der Waals surface area contributed by atoms with Crippen molar-refractivity contribution in [1.82, 2.24) is 5.32 Å². The fraction of sp³-hybridized carbons (Fsp3) is 0.562. The van der Waals surface area contributed by atoms with Crippen molar-refractivity contribution in [2.24, 2.45) is 11.7 Å². The zero-order valence-corrected chi connectivity index (χ0v) is 11.7. The minimum absolute atomic E-state index is 0.139. The summed E-state index contributed by atoms with van der Waals surface area (Å²) in [5.41, 5.74) is 8.47. The molecule has 1 aliphatic carbocycles. The van der Waals surface area contributed by atoms with Crippen LogP contribution in [0.4, 0.5) is 0 Å². The number of hydrogen-bond donors (Lipinski definition) is 2. The van der Waals surface area contributed by atoms with E-state index in [1.807, 2.05) is 6.07 Å². The number of rotatable bonds is 5. The Balaban J connectivity index is 1.70. The molecule has 0 spiro atoms. The van der Waals surface area contributed by atoms with Crippen LogP contribution in [0.3, 0.4) is 0 Å². The van der Waals surface area contributed by atoms with Crippen LogP contribution in [0.1, 0.15) is 36.8 Å². The number of amides is 1. The highest BCUT2D eigenvalue weighted by Crippen LogP contribution is 2.22. The van der Waals surface area contributed by atoms with Crippen LogP contribution in [0, 0.1) is 12.8 Å². The van der Waals surface area contributed by atoms with Crippen molar-refractivity contribution in [2.45, 2.75) is 45.1 Å². The lowest BCUT2D eigenvalue weighted by atomic mass is 10.0. The number of carbonyl (C=O) groups excluding carboxylic acids is 1. The zero-order chi connectivity index (χ0) is 13.7. The molecule has 1 aromatic rings. The Bertz CT molecular complexity index is 431. The molecule has 1 aromatic carbocycles. The fourth-order valence-electron chi connectivity index (χ4n) is 2.78. The van der Waals surface area contributed by atoms with Gasteiger partial charge in [-0.3, -0.25) is 4.79 Å². The Kier molecular flexibility index (Phi) is 4.97. The van der Waals surface area contributed by atoms with E-state index in [0.29, 0.717) is 12.3 Å². The second-order valence-corrected chi connectivity index (χ2v) is 5.65. The van der Waals surface area contributed by atoms with Gasteiger partial charge in [-0.2, -0.15) is 0 Å². The average Bonchev–Trinajstić information content (AvgIpc) is 2.80. The van der Waals surface area contributed by atoms with Gasteiger partial charge in [-0.15, -0.1) is 0 Å². The van der Waals surface area contributed by atoms with Crippen molar-refractivity contribution in [2.75, 3.05) is 6.54 Å². The zero-order valence-electron chi connectivity index (χ0n) is 11.7.